The average molecular weight is 1410 g/mol. The van der Waals surface area contributed by atoms with Gasteiger partial charge in [0.15, 0.2) is 12.2 Å². The van der Waals surface area contributed by atoms with E-state index in [9.17, 15) is 43.2 Å². The van der Waals surface area contributed by atoms with Crippen LogP contribution in [0.4, 0.5) is 0 Å². The molecule has 0 amide bonds. The second kappa shape index (κ2) is 68.3. The summed E-state index contributed by atoms with van der Waals surface area (Å²) >= 11 is 0. The Morgan fingerprint density at radius 2 is 0.562 bits per heavy atom. The Balaban J connectivity index is 5.27. The zero-order chi connectivity index (χ0) is 70.7. The average Bonchev–Trinajstić information content (AvgIpc) is 2.00. The van der Waals surface area contributed by atoms with Crippen molar-refractivity contribution in [2.75, 3.05) is 39.6 Å². The van der Waals surface area contributed by atoms with Crippen LogP contribution in [-0.4, -0.2) is 96.7 Å². The van der Waals surface area contributed by atoms with Gasteiger partial charge in [0, 0.05) is 25.7 Å². The highest BCUT2D eigenvalue weighted by Gasteiger charge is 2.30. The van der Waals surface area contributed by atoms with Gasteiger partial charge in [0.1, 0.15) is 19.3 Å². The highest BCUT2D eigenvalue weighted by Crippen LogP contribution is 2.45. The Bertz CT molecular complexity index is 1950. The van der Waals surface area contributed by atoms with Gasteiger partial charge in [0.2, 0.25) is 0 Å². The molecule has 0 fully saturated rings. The molecule has 0 spiro atoms. The van der Waals surface area contributed by atoms with E-state index in [1.54, 1.807) is 0 Å². The van der Waals surface area contributed by atoms with Gasteiger partial charge in [-0.15, -0.1) is 0 Å². The van der Waals surface area contributed by atoms with E-state index in [4.69, 9.17) is 37.0 Å². The van der Waals surface area contributed by atoms with Gasteiger partial charge in [-0.3, -0.25) is 37.3 Å². The zero-order valence-electron chi connectivity index (χ0n) is 62.2. The summed E-state index contributed by atoms with van der Waals surface area (Å²) < 4.78 is 68.5. The molecule has 0 aliphatic rings. The first-order valence-corrected chi connectivity index (χ1v) is 42.3. The van der Waals surface area contributed by atoms with Crippen molar-refractivity contribution < 1.29 is 80.2 Å². The van der Waals surface area contributed by atoms with Crippen molar-refractivity contribution in [3.8, 4) is 0 Å². The maximum atomic E-state index is 13.1. The quantitative estimate of drug-likeness (QED) is 0.0169. The number of hydrogen-bond acceptors (Lipinski definition) is 15. The number of aliphatic hydroxyl groups is 1. The number of allylic oxidation sites excluding steroid dienone is 4. The number of carbonyl (C=O) groups is 4. The van der Waals surface area contributed by atoms with Crippen LogP contribution in [0.5, 0.6) is 0 Å². The highest BCUT2D eigenvalue weighted by atomic mass is 31.2. The molecule has 2 unspecified atom stereocenters. The van der Waals surface area contributed by atoms with Crippen LogP contribution in [0.3, 0.4) is 0 Å². The summed E-state index contributed by atoms with van der Waals surface area (Å²) in [6.45, 7) is 9.46. The molecule has 0 saturated carbocycles. The van der Waals surface area contributed by atoms with E-state index < -0.39 is 97.5 Å². The van der Waals surface area contributed by atoms with E-state index in [2.05, 4.69) is 65.8 Å². The van der Waals surface area contributed by atoms with Gasteiger partial charge in [-0.05, 0) is 63.2 Å². The molecular formula is C77H146O17P2. The fourth-order valence-corrected chi connectivity index (χ4v) is 12.9. The molecule has 0 radical (unpaired) electrons. The van der Waals surface area contributed by atoms with E-state index in [-0.39, 0.29) is 25.7 Å². The van der Waals surface area contributed by atoms with Crippen LogP contribution < -0.4 is 0 Å². The molecule has 0 rings (SSSR count). The minimum Gasteiger partial charge on any atom is -0.462 e. The lowest BCUT2D eigenvalue weighted by atomic mass is 10.0. The molecule has 96 heavy (non-hydrogen) atoms. The summed E-state index contributed by atoms with van der Waals surface area (Å²) in [4.78, 5) is 72.8. The Morgan fingerprint density at radius 1 is 0.323 bits per heavy atom. The fraction of sp³-hybridized carbons (Fsp3) is 0.896. The Labute approximate surface area is 586 Å². The van der Waals surface area contributed by atoms with Crippen LogP contribution >= 0.6 is 15.6 Å². The molecule has 0 bridgehead atoms. The van der Waals surface area contributed by atoms with Crippen molar-refractivity contribution in [2.24, 2.45) is 11.8 Å². The maximum absolute atomic E-state index is 13.1. The molecule has 19 heteroatoms. The largest absolute Gasteiger partial charge is 0.472 e. The molecule has 17 nitrogen and oxygen atoms in total. The van der Waals surface area contributed by atoms with Gasteiger partial charge >= 0.3 is 39.5 Å². The van der Waals surface area contributed by atoms with Crippen molar-refractivity contribution in [3.05, 3.63) is 24.3 Å². The summed E-state index contributed by atoms with van der Waals surface area (Å²) in [5, 5.41) is 10.6. The topological polar surface area (TPSA) is 237 Å². The SMILES string of the molecule is CCCCCC/C=C\C=C/CCCCCCCC(=O)OC[C@H](COP(=O)(O)OC[C@@H](O)COP(=O)(O)OC[C@@H](COC(=O)CCCCCCCCC(C)C)OC(=O)CCCCCCCCCCCCCCC(C)C)OC(=O)CCCCCCCCCCCCCCCCCCC. The Kier molecular flexibility index (Phi) is 66.6. The first-order chi connectivity index (χ1) is 46.4. The molecular weight excluding hydrogens is 1260 g/mol. The molecule has 0 aromatic heterocycles. The smallest absolute Gasteiger partial charge is 0.462 e. The third-order valence-electron chi connectivity index (χ3n) is 17.3. The number of unbranched alkanes of at least 4 members (excludes halogenated alkanes) is 41. The number of aliphatic hydroxyl groups excluding tert-OH is 1. The van der Waals surface area contributed by atoms with Crippen molar-refractivity contribution in [1.82, 2.24) is 0 Å². The van der Waals surface area contributed by atoms with Crippen molar-refractivity contribution in [2.45, 2.75) is 394 Å². The molecule has 566 valence electrons. The van der Waals surface area contributed by atoms with Crippen LogP contribution in [0, 0.1) is 11.8 Å². The molecule has 0 aromatic rings. The van der Waals surface area contributed by atoms with Crippen molar-refractivity contribution in [3.63, 3.8) is 0 Å². The van der Waals surface area contributed by atoms with Crippen molar-refractivity contribution >= 4 is 39.5 Å². The summed E-state index contributed by atoms with van der Waals surface area (Å²) in [7, 11) is -9.92. The number of phosphoric acid groups is 2. The van der Waals surface area contributed by atoms with Gasteiger partial charge in [0.05, 0.1) is 26.4 Å². The third-order valence-corrected chi connectivity index (χ3v) is 19.2. The van der Waals surface area contributed by atoms with E-state index in [1.165, 1.54) is 167 Å². The van der Waals surface area contributed by atoms with E-state index in [0.29, 0.717) is 31.6 Å². The van der Waals surface area contributed by atoms with Crippen LogP contribution in [0.2, 0.25) is 0 Å². The minimum absolute atomic E-state index is 0.101. The standard InChI is InChI=1S/C77H146O17P2/c1-7-9-11-13-15-17-19-21-23-24-26-28-33-37-41-49-55-61-76(81)93-72(65-87-74(79)59-53-47-40-36-32-27-25-22-20-18-16-14-12-10-8-2)67-91-95(83,84)89-63-71(78)64-90-96(85,86)92-68-73(66-88-75(80)60-54-48-44-43-46-52-58-70(5)6)94-77(82)62-56-50-42-38-34-30-29-31-35-39-45-51-57-69(3)4/h18,20,22,25,69-73,78H,7-17,19,21,23-24,26-68H2,1-6H3,(H,83,84)(H,85,86)/b20-18-,25-22-/t71-,72-,73-/m1/s1. The summed E-state index contributed by atoms with van der Waals surface area (Å²) in [5.41, 5.74) is 0. The number of phosphoric ester groups is 2. The monoisotopic (exact) mass is 1410 g/mol. The highest BCUT2D eigenvalue weighted by molar-refractivity contribution is 7.47. The molecule has 5 atom stereocenters. The Morgan fingerprint density at radius 3 is 0.854 bits per heavy atom. The zero-order valence-corrected chi connectivity index (χ0v) is 63.9. The molecule has 0 heterocycles. The lowest BCUT2D eigenvalue weighted by molar-refractivity contribution is -0.161. The lowest BCUT2D eigenvalue weighted by Crippen LogP contribution is -2.30. The van der Waals surface area contributed by atoms with E-state index in [0.717, 1.165) is 121 Å². The van der Waals surface area contributed by atoms with E-state index >= 15 is 0 Å². The van der Waals surface area contributed by atoms with Crippen LogP contribution in [0.1, 0.15) is 375 Å². The van der Waals surface area contributed by atoms with Gasteiger partial charge in [-0.2, -0.15) is 0 Å². The molecule has 3 N–H and O–H groups in total. The molecule has 0 aliphatic carbocycles. The van der Waals surface area contributed by atoms with Crippen LogP contribution in [0.25, 0.3) is 0 Å². The van der Waals surface area contributed by atoms with Gasteiger partial charge in [-0.1, -0.05) is 323 Å². The summed E-state index contributed by atoms with van der Waals surface area (Å²) in [6.07, 6.45) is 59.2. The predicted molar refractivity (Wildman–Crippen MR) is 391 cm³/mol. The second-order valence-corrected chi connectivity index (χ2v) is 30.9. The maximum Gasteiger partial charge on any atom is 0.472 e. The van der Waals surface area contributed by atoms with E-state index in [1.807, 2.05) is 0 Å². The number of rotatable bonds is 74. The molecule has 0 aliphatic heterocycles. The first-order valence-electron chi connectivity index (χ1n) is 39.3. The summed E-state index contributed by atoms with van der Waals surface area (Å²) in [5.74, 6) is -0.693. The normalized spacial score (nSPS) is 14.2. The lowest BCUT2D eigenvalue weighted by Gasteiger charge is -2.21. The van der Waals surface area contributed by atoms with Gasteiger partial charge in [0.25, 0.3) is 0 Å². The predicted octanol–water partition coefficient (Wildman–Crippen LogP) is 22.3. The second-order valence-electron chi connectivity index (χ2n) is 28.0. The fourth-order valence-electron chi connectivity index (χ4n) is 11.3. The van der Waals surface area contributed by atoms with Crippen LogP contribution in [-0.2, 0) is 65.4 Å². The Hall–Kier alpha value is -2.46. The summed E-state index contributed by atoms with van der Waals surface area (Å²) in [6, 6.07) is 0. The first kappa shape index (κ1) is 93.5. The number of carbonyl (C=O) groups excluding carboxylic acids is 4. The number of ether oxygens (including phenoxy) is 4. The van der Waals surface area contributed by atoms with Crippen molar-refractivity contribution in [1.29, 1.82) is 0 Å². The molecule has 0 aromatic carbocycles. The number of esters is 4. The molecule has 0 saturated heterocycles. The number of hydrogen-bond donors (Lipinski definition) is 3. The van der Waals surface area contributed by atoms with Gasteiger partial charge < -0.3 is 33.8 Å². The third kappa shape index (κ3) is 70.0. The van der Waals surface area contributed by atoms with Gasteiger partial charge in [-0.25, -0.2) is 9.13 Å². The minimum atomic E-state index is -4.97. The van der Waals surface area contributed by atoms with Crippen LogP contribution in [0.15, 0.2) is 24.3 Å².